The van der Waals surface area contributed by atoms with Crippen LogP contribution in [0.15, 0.2) is 42.5 Å². The Kier molecular flexibility index (Phi) is 4.21. The van der Waals surface area contributed by atoms with Crippen molar-refractivity contribution >= 4 is 0 Å². The topological polar surface area (TPSA) is 0 Å². The Morgan fingerprint density at radius 3 is 2.75 bits per heavy atom. The molecule has 1 aliphatic carbocycles. The summed E-state index contributed by atoms with van der Waals surface area (Å²) in [6.45, 7) is 2.14. The number of benzene rings is 1. The van der Waals surface area contributed by atoms with Crippen molar-refractivity contribution in [1.82, 2.24) is 0 Å². The molecule has 1 aliphatic rings. The maximum absolute atomic E-state index is 2.39. The fourth-order valence-electron chi connectivity index (χ4n) is 2.84. The number of allylic oxidation sites excluding steroid dienone is 2. The normalized spacial score (nSPS) is 25.3. The lowest BCUT2D eigenvalue weighted by Gasteiger charge is -2.09. The molecular weight excluding hydrogens is 192 g/mol. The molecule has 1 fully saturated rings. The number of aryl methyl sites for hydroxylation is 1. The van der Waals surface area contributed by atoms with E-state index < -0.39 is 0 Å². The Morgan fingerprint density at radius 2 is 2.00 bits per heavy atom. The molecule has 0 aromatic heterocycles. The van der Waals surface area contributed by atoms with E-state index in [9.17, 15) is 0 Å². The van der Waals surface area contributed by atoms with E-state index in [1.807, 2.05) is 0 Å². The molecule has 0 N–H and O–H groups in total. The highest BCUT2D eigenvalue weighted by molar-refractivity contribution is 5.14. The van der Waals surface area contributed by atoms with Gasteiger partial charge in [0.25, 0.3) is 0 Å². The van der Waals surface area contributed by atoms with Crippen molar-refractivity contribution in [3.63, 3.8) is 0 Å². The quantitative estimate of drug-likeness (QED) is 0.642. The van der Waals surface area contributed by atoms with Crippen LogP contribution in [0, 0.1) is 11.8 Å². The van der Waals surface area contributed by atoms with Crippen molar-refractivity contribution in [2.75, 3.05) is 0 Å². The van der Waals surface area contributed by atoms with E-state index in [1.165, 1.54) is 37.7 Å². The van der Waals surface area contributed by atoms with Crippen LogP contribution in [0.4, 0.5) is 0 Å². The van der Waals surface area contributed by atoms with Gasteiger partial charge in [-0.05, 0) is 56.4 Å². The summed E-state index contributed by atoms with van der Waals surface area (Å²) in [4.78, 5) is 0. The second-order valence-corrected chi connectivity index (χ2v) is 4.99. The van der Waals surface area contributed by atoms with Crippen LogP contribution in [0.25, 0.3) is 0 Å². The molecule has 2 atom stereocenters. The molecule has 0 saturated heterocycles. The lowest BCUT2D eigenvalue weighted by molar-refractivity contribution is 0.491. The third kappa shape index (κ3) is 3.23. The molecule has 86 valence electrons. The van der Waals surface area contributed by atoms with Gasteiger partial charge in [0, 0.05) is 0 Å². The summed E-state index contributed by atoms with van der Waals surface area (Å²) in [6.07, 6.45) is 11.5. The number of hydrogen-bond acceptors (Lipinski definition) is 0. The molecule has 0 bridgehead atoms. The Balaban J connectivity index is 1.76. The summed E-state index contributed by atoms with van der Waals surface area (Å²) in [5.41, 5.74) is 1.50. The highest BCUT2D eigenvalue weighted by Crippen LogP contribution is 2.34. The standard InChI is InChI=1S/C16H22/c1-2-6-15-11-12-16(13-15)10-9-14-7-4-3-5-8-14/h2-8,15-16H,9-13H2,1H3/b6-2-. The fourth-order valence-corrected chi connectivity index (χ4v) is 2.84. The smallest absolute Gasteiger partial charge is 0.0231 e. The van der Waals surface area contributed by atoms with Crippen molar-refractivity contribution < 1.29 is 0 Å². The first-order chi connectivity index (χ1) is 7.88. The molecule has 0 heterocycles. The molecule has 1 saturated carbocycles. The van der Waals surface area contributed by atoms with Crippen LogP contribution in [0.2, 0.25) is 0 Å². The van der Waals surface area contributed by atoms with Gasteiger partial charge in [0.2, 0.25) is 0 Å². The van der Waals surface area contributed by atoms with Gasteiger partial charge in [0.15, 0.2) is 0 Å². The molecule has 2 unspecified atom stereocenters. The van der Waals surface area contributed by atoms with E-state index >= 15 is 0 Å². The maximum Gasteiger partial charge on any atom is -0.0231 e. The second-order valence-electron chi connectivity index (χ2n) is 4.99. The molecule has 0 amide bonds. The Labute approximate surface area is 99.4 Å². The minimum Gasteiger partial charge on any atom is -0.0914 e. The summed E-state index contributed by atoms with van der Waals surface area (Å²) in [5.74, 6) is 1.83. The van der Waals surface area contributed by atoms with Crippen molar-refractivity contribution in [3.8, 4) is 0 Å². The first-order valence-corrected chi connectivity index (χ1v) is 6.55. The number of hydrogen-bond donors (Lipinski definition) is 0. The van der Waals surface area contributed by atoms with Crippen LogP contribution in [-0.2, 0) is 6.42 Å². The highest BCUT2D eigenvalue weighted by atomic mass is 14.3. The molecule has 0 radical (unpaired) electrons. The molecule has 16 heavy (non-hydrogen) atoms. The van der Waals surface area contributed by atoms with Gasteiger partial charge in [0.1, 0.15) is 0 Å². The lowest BCUT2D eigenvalue weighted by Crippen LogP contribution is -1.97. The van der Waals surface area contributed by atoms with E-state index in [0.29, 0.717) is 0 Å². The third-order valence-corrected chi connectivity index (χ3v) is 3.73. The summed E-state index contributed by atoms with van der Waals surface area (Å²) >= 11 is 0. The molecule has 0 spiro atoms. The first kappa shape index (κ1) is 11.4. The van der Waals surface area contributed by atoms with E-state index in [-0.39, 0.29) is 0 Å². The zero-order chi connectivity index (χ0) is 11.2. The van der Waals surface area contributed by atoms with Crippen LogP contribution in [0.1, 0.15) is 38.2 Å². The summed E-state index contributed by atoms with van der Waals surface area (Å²) in [7, 11) is 0. The largest absolute Gasteiger partial charge is 0.0914 e. The summed E-state index contributed by atoms with van der Waals surface area (Å²) in [6, 6.07) is 10.9. The van der Waals surface area contributed by atoms with E-state index in [1.54, 1.807) is 0 Å². The maximum atomic E-state index is 2.39. The summed E-state index contributed by atoms with van der Waals surface area (Å²) < 4.78 is 0. The van der Waals surface area contributed by atoms with Crippen molar-refractivity contribution in [2.45, 2.75) is 39.0 Å². The Bertz CT molecular complexity index is 323. The zero-order valence-corrected chi connectivity index (χ0v) is 10.2. The predicted octanol–water partition coefficient (Wildman–Crippen LogP) is 4.61. The van der Waals surface area contributed by atoms with Crippen LogP contribution in [0.3, 0.4) is 0 Å². The third-order valence-electron chi connectivity index (χ3n) is 3.73. The predicted molar refractivity (Wildman–Crippen MR) is 70.4 cm³/mol. The fraction of sp³-hybridized carbons (Fsp3) is 0.500. The second kappa shape index (κ2) is 5.89. The Hall–Kier alpha value is -1.04. The van der Waals surface area contributed by atoms with Gasteiger partial charge in [-0.25, -0.2) is 0 Å². The average Bonchev–Trinajstić information content (AvgIpc) is 2.76. The van der Waals surface area contributed by atoms with E-state index in [0.717, 1.165) is 11.8 Å². The Morgan fingerprint density at radius 1 is 1.19 bits per heavy atom. The van der Waals surface area contributed by atoms with Crippen molar-refractivity contribution in [1.29, 1.82) is 0 Å². The van der Waals surface area contributed by atoms with Gasteiger partial charge in [0.05, 0.1) is 0 Å². The minimum atomic E-state index is 0.866. The van der Waals surface area contributed by atoms with Crippen LogP contribution >= 0.6 is 0 Å². The molecule has 0 aliphatic heterocycles. The van der Waals surface area contributed by atoms with E-state index in [4.69, 9.17) is 0 Å². The monoisotopic (exact) mass is 214 g/mol. The van der Waals surface area contributed by atoms with E-state index in [2.05, 4.69) is 49.4 Å². The molecule has 0 heteroatoms. The lowest BCUT2D eigenvalue weighted by atomic mass is 9.97. The summed E-state index contributed by atoms with van der Waals surface area (Å²) in [5, 5.41) is 0. The average molecular weight is 214 g/mol. The SMILES string of the molecule is C/C=C\C1CCC(CCc2ccccc2)C1. The van der Waals surface area contributed by atoms with Gasteiger partial charge in [-0.3, -0.25) is 0 Å². The molecule has 1 aromatic rings. The van der Waals surface area contributed by atoms with Crippen LogP contribution in [-0.4, -0.2) is 0 Å². The number of rotatable bonds is 4. The first-order valence-electron chi connectivity index (χ1n) is 6.55. The van der Waals surface area contributed by atoms with Gasteiger partial charge in [-0.2, -0.15) is 0 Å². The molecule has 0 nitrogen and oxygen atoms in total. The van der Waals surface area contributed by atoms with Crippen LogP contribution in [0.5, 0.6) is 0 Å². The minimum absolute atomic E-state index is 0.866. The van der Waals surface area contributed by atoms with Gasteiger partial charge < -0.3 is 0 Å². The van der Waals surface area contributed by atoms with Gasteiger partial charge in [-0.1, -0.05) is 42.5 Å². The molecule has 2 rings (SSSR count). The van der Waals surface area contributed by atoms with Crippen molar-refractivity contribution in [3.05, 3.63) is 48.0 Å². The highest BCUT2D eigenvalue weighted by Gasteiger charge is 2.21. The molecule has 1 aromatic carbocycles. The van der Waals surface area contributed by atoms with Crippen molar-refractivity contribution in [2.24, 2.45) is 11.8 Å². The van der Waals surface area contributed by atoms with Crippen LogP contribution < -0.4 is 0 Å². The van der Waals surface area contributed by atoms with Gasteiger partial charge in [-0.15, -0.1) is 0 Å². The molecular formula is C16H22. The zero-order valence-electron chi connectivity index (χ0n) is 10.2. The van der Waals surface area contributed by atoms with Gasteiger partial charge >= 0.3 is 0 Å².